The zero-order valence-corrected chi connectivity index (χ0v) is 11.5. The highest BCUT2D eigenvalue weighted by molar-refractivity contribution is 6.30. The molecule has 1 aromatic heterocycles. The van der Waals surface area contributed by atoms with Gasteiger partial charge in [0.1, 0.15) is 0 Å². The summed E-state index contributed by atoms with van der Waals surface area (Å²) in [5.41, 5.74) is 2.50. The highest BCUT2D eigenvalue weighted by atomic mass is 35.5. The zero-order valence-electron chi connectivity index (χ0n) is 10.7. The Hall–Kier alpha value is -1.32. The molecule has 2 rings (SSSR count). The van der Waals surface area contributed by atoms with E-state index in [1.165, 1.54) is 11.3 Å². The van der Waals surface area contributed by atoms with Crippen LogP contribution in [0.25, 0.3) is 0 Å². The lowest BCUT2D eigenvalue weighted by molar-refractivity contribution is 0.564. The largest absolute Gasteiger partial charge is 0.310 e. The van der Waals surface area contributed by atoms with Crippen molar-refractivity contribution in [3.8, 4) is 0 Å². The molecule has 1 aromatic carbocycles. The van der Waals surface area contributed by atoms with Crippen LogP contribution in [0.2, 0.25) is 5.02 Å². The molecule has 18 heavy (non-hydrogen) atoms. The predicted octanol–water partition coefficient (Wildman–Crippen LogP) is 2.97. The summed E-state index contributed by atoms with van der Waals surface area (Å²) in [6, 6.07) is 10.4. The molecule has 0 radical (unpaired) electrons. The minimum Gasteiger partial charge on any atom is -0.310 e. The van der Waals surface area contributed by atoms with Gasteiger partial charge in [0, 0.05) is 43.0 Å². The van der Waals surface area contributed by atoms with Crippen molar-refractivity contribution in [1.29, 1.82) is 0 Å². The minimum absolute atomic E-state index is 0.329. The van der Waals surface area contributed by atoms with Crippen molar-refractivity contribution in [1.82, 2.24) is 15.1 Å². The normalized spacial score (nSPS) is 12.6. The van der Waals surface area contributed by atoms with Gasteiger partial charge in [-0.15, -0.1) is 0 Å². The van der Waals surface area contributed by atoms with Crippen LogP contribution in [-0.4, -0.2) is 16.3 Å². The van der Waals surface area contributed by atoms with E-state index in [1.54, 1.807) is 0 Å². The summed E-state index contributed by atoms with van der Waals surface area (Å²) in [5, 5.41) is 8.43. The van der Waals surface area contributed by atoms with Crippen molar-refractivity contribution in [3.63, 3.8) is 0 Å². The summed E-state index contributed by atoms with van der Waals surface area (Å²) in [6.45, 7) is 3.09. The average molecular weight is 264 g/mol. The van der Waals surface area contributed by atoms with Crippen LogP contribution in [0.1, 0.15) is 24.2 Å². The first-order valence-corrected chi connectivity index (χ1v) is 6.50. The fourth-order valence-electron chi connectivity index (χ4n) is 1.93. The van der Waals surface area contributed by atoms with Gasteiger partial charge in [0.15, 0.2) is 0 Å². The minimum atomic E-state index is 0.329. The van der Waals surface area contributed by atoms with Crippen molar-refractivity contribution < 1.29 is 0 Å². The van der Waals surface area contributed by atoms with Gasteiger partial charge >= 0.3 is 0 Å². The third-order valence-electron chi connectivity index (χ3n) is 3.12. The van der Waals surface area contributed by atoms with E-state index in [2.05, 4.69) is 35.5 Å². The van der Waals surface area contributed by atoms with Gasteiger partial charge in [-0.1, -0.05) is 23.7 Å². The first-order chi connectivity index (χ1) is 8.66. The molecule has 2 aromatic rings. The molecule has 0 aliphatic heterocycles. The molecule has 0 fully saturated rings. The number of rotatable bonds is 5. The fourth-order valence-corrected chi connectivity index (χ4v) is 2.06. The molecule has 1 heterocycles. The second-order valence-electron chi connectivity index (χ2n) is 4.42. The second-order valence-corrected chi connectivity index (χ2v) is 4.86. The molecular formula is C14H18ClN3. The van der Waals surface area contributed by atoms with Gasteiger partial charge < -0.3 is 5.32 Å². The summed E-state index contributed by atoms with van der Waals surface area (Å²) in [6.07, 6.45) is 2.81. The van der Waals surface area contributed by atoms with E-state index in [-0.39, 0.29) is 0 Å². The number of hydrogen-bond acceptors (Lipinski definition) is 2. The van der Waals surface area contributed by atoms with E-state index >= 15 is 0 Å². The lowest BCUT2D eigenvalue weighted by Gasteiger charge is -2.14. The van der Waals surface area contributed by atoms with Crippen LogP contribution in [0.5, 0.6) is 0 Å². The molecule has 0 bridgehead atoms. The van der Waals surface area contributed by atoms with Gasteiger partial charge in [0.2, 0.25) is 0 Å². The Labute approximate surface area is 113 Å². The Bertz CT molecular complexity index is 490. The predicted molar refractivity (Wildman–Crippen MR) is 74.8 cm³/mol. The molecule has 0 amide bonds. The summed E-state index contributed by atoms with van der Waals surface area (Å²) in [4.78, 5) is 0. The van der Waals surface area contributed by atoms with Gasteiger partial charge in [0.25, 0.3) is 0 Å². The first kappa shape index (κ1) is 13.1. The molecule has 1 N–H and O–H groups in total. The van der Waals surface area contributed by atoms with Gasteiger partial charge in [-0.05, 0) is 30.7 Å². The van der Waals surface area contributed by atoms with Crippen LogP contribution in [0.3, 0.4) is 0 Å². The van der Waals surface area contributed by atoms with E-state index in [0.29, 0.717) is 6.04 Å². The molecular weight excluding hydrogens is 246 g/mol. The first-order valence-electron chi connectivity index (χ1n) is 6.12. The van der Waals surface area contributed by atoms with Crippen LogP contribution in [-0.2, 0) is 13.5 Å². The van der Waals surface area contributed by atoms with E-state index < -0.39 is 0 Å². The van der Waals surface area contributed by atoms with Crippen LogP contribution < -0.4 is 5.32 Å². The van der Waals surface area contributed by atoms with Crippen molar-refractivity contribution in [3.05, 3.63) is 52.8 Å². The Morgan fingerprint density at radius 2 is 2.00 bits per heavy atom. The lowest BCUT2D eigenvalue weighted by atomic mass is 10.1. The van der Waals surface area contributed by atoms with E-state index in [1.807, 2.05) is 30.1 Å². The van der Waals surface area contributed by atoms with Crippen molar-refractivity contribution in [2.75, 3.05) is 6.54 Å². The maximum absolute atomic E-state index is 5.88. The van der Waals surface area contributed by atoms with Gasteiger partial charge in [-0.2, -0.15) is 5.10 Å². The number of nitrogens with one attached hydrogen (secondary N) is 1. The van der Waals surface area contributed by atoms with Crippen LogP contribution >= 0.6 is 11.6 Å². The molecule has 0 spiro atoms. The summed E-state index contributed by atoms with van der Waals surface area (Å²) < 4.78 is 1.91. The van der Waals surface area contributed by atoms with E-state index in [0.717, 1.165) is 18.0 Å². The van der Waals surface area contributed by atoms with E-state index in [9.17, 15) is 0 Å². The Morgan fingerprint density at radius 1 is 1.28 bits per heavy atom. The Kier molecular flexibility index (Phi) is 4.39. The fraction of sp³-hybridized carbons (Fsp3) is 0.357. The zero-order chi connectivity index (χ0) is 13.0. The number of aryl methyl sites for hydroxylation is 1. The van der Waals surface area contributed by atoms with Gasteiger partial charge in [-0.25, -0.2) is 0 Å². The standard InChI is InChI=1S/C14H18ClN3/c1-11(12-3-5-13(15)6-4-12)16-9-7-14-8-10-17-18(14)2/h3-6,8,10-11,16H,7,9H2,1-2H3. The third-order valence-corrected chi connectivity index (χ3v) is 3.38. The maximum atomic E-state index is 5.88. The number of halogens is 1. The Balaban J connectivity index is 1.83. The topological polar surface area (TPSA) is 29.9 Å². The molecule has 0 saturated heterocycles. The molecule has 3 nitrogen and oxygen atoms in total. The number of nitrogens with zero attached hydrogens (tertiary/aromatic N) is 2. The molecule has 0 aliphatic rings. The monoisotopic (exact) mass is 263 g/mol. The SMILES string of the molecule is CC(NCCc1ccnn1C)c1ccc(Cl)cc1. The maximum Gasteiger partial charge on any atom is 0.0492 e. The van der Waals surface area contributed by atoms with Crippen molar-refractivity contribution in [2.45, 2.75) is 19.4 Å². The average Bonchev–Trinajstić information content (AvgIpc) is 2.76. The summed E-state index contributed by atoms with van der Waals surface area (Å²) in [7, 11) is 1.97. The number of benzene rings is 1. The highest BCUT2D eigenvalue weighted by Crippen LogP contribution is 2.15. The number of hydrogen-bond donors (Lipinski definition) is 1. The highest BCUT2D eigenvalue weighted by Gasteiger charge is 2.05. The molecule has 1 unspecified atom stereocenters. The van der Waals surface area contributed by atoms with Gasteiger partial charge in [0.05, 0.1) is 0 Å². The summed E-state index contributed by atoms with van der Waals surface area (Å²) >= 11 is 5.88. The van der Waals surface area contributed by atoms with Crippen molar-refractivity contribution >= 4 is 11.6 Å². The van der Waals surface area contributed by atoms with E-state index in [4.69, 9.17) is 11.6 Å². The number of aromatic nitrogens is 2. The second kappa shape index (κ2) is 6.03. The van der Waals surface area contributed by atoms with Crippen LogP contribution in [0.4, 0.5) is 0 Å². The molecule has 4 heteroatoms. The molecule has 0 aliphatic carbocycles. The van der Waals surface area contributed by atoms with Crippen LogP contribution in [0, 0.1) is 0 Å². The van der Waals surface area contributed by atoms with Crippen LogP contribution in [0.15, 0.2) is 36.5 Å². The Morgan fingerprint density at radius 3 is 2.61 bits per heavy atom. The smallest absolute Gasteiger partial charge is 0.0492 e. The summed E-state index contributed by atoms with van der Waals surface area (Å²) in [5.74, 6) is 0. The van der Waals surface area contributed by atoms with Gasteiger partial charge in [-0.3, -0.25) is 4.68 Å². The third kappa shape index (κ3) is 3.34. The van der Waals surface area contributed by atoms with Crippen molar-refractivity contribution in [2.24, 2.45) is 7.05 Å². The molecule has 96 valence electrons. The molecule has 0 saturated carbocycles. The quantitative estimate of drug-likeness (QED) is 0.899. The lowest BCUT2D eigenvalue weighted by Crippen LogP contribution is -2.22. The molecule has 1 atom stereocenters.